The van der Waals surface area contributed by atoms with Crippen LogP contribution in [0.5, 0.6) is 0 Å². The third kappa shape index (κ3) is 3.35. The van der Waals surface area contributed by atoms with Crippen LogP contribution in [0.25, 0.3) is 0 Å². The summed E-state index contributed by atoms with van der Waals surface area (Å²) in [6, 6.07) is 3.36. The number of hydrogen-bond donors (Lipinski definition) is 3. The topological polar surface area (TPSA) is 122 Å². The summed E-state index contributed by atoms with van der Waals surface area (Å²) in [5.41, 5.74) is 4.84. The molecule has 0 unspecified atom stereocenters. The molecule has 0 bridgehead atoms. The highest BCUT2D eigenvalue weighted by atomic mass is 19.1. The zero-order valence-electron chi connectivity index (χ0n) is 12.8. The number of primary amides is 1. The predicted molar refractivity (Wildman–Crippen MR) is 81.2 cm³/mol. The van der Waals surface area contributed by atoms with Gasteiger partial charge in [0.05, 0.1) is 31.5 Å². The van der Waals surface area contributed by atoms with Gasteiger partial charge in [0.2, 0.25) is 5.91 Å². The minimum Gasteiger partial charge on any atom is -0.466 e. The molecule has 1 aliphatic rings. The van der Waals surface area contributed by atoms with Crippen molar-refractivity contribution in [2.24, 2.45) is 5.73 Å². The first-order valence-electron chi connectivity index (χ1n) is 6.97. The summed E-state index contributed by atoms with van der Waals surface area (Å²) in [5.74, 6) is -2.84. The van der Waals surface area contributed by atoms with E-state index in [4.69, 9.17) is 10.8 Å². The molecule has 2 amide bonds. The summed E-state index contributed by atoms with van der Waals surface area (Å²) < 4.78 is 18.6. The number of methoxy groups -OCH3 is 1. The number of rotatable bonds is 6. The Morgan fingerprint density at radius 2 is 2.17 bits per heavy atom. The predicted octanol–water partition coefficient (Wildman–Crippen LogP) is -0.402. The highest BCUT2D eigenvalue weighted by Crippen LogP contribution is 2.25. The second-order valence-electron chi connectivity index (χ2n) is 4.98. The van der Waals surface area contributed by atoms with E-state index < -0.39 is 23.6 Å². The molecule has 0 atom stereocenters. The molecular formula is C15H16FN3O5. The number of nitrogens with zero attached hydrogens (tertiary/aromatic N) is 1. The highest BCUT2D eigenvalue weighted by Gasteiger charge is 2.34. The lowest BCUT2D eigenvalue weighted by molar-refractivity contribution is -0.136. The minimum absolute atomic E-state index is 0.000159. The van der Waals surface area contributed by atoms with Gasteiger partial charge in [0.15, 0.2) is 0 Å². The van der Waals surface area contributed by atoms with Crippen LogP contribution in [-0.2, 0) is 14.3 Å². The van der Waals surface area contributed by atoms with Crippen LogP contribution in [0.4, 0.5) is 10.1 Å². The van der Waals surface area contributed by atoms with Gasteiger partial charge in [-0.1, -0.05) is 0 Å². The fourth-order valence-electron chi connectivity index (χ4n) is 2.26. The molecule has 1 aromatic rings. The average molecular weight is 337 g/mol. The first-order valence-corrected chi connectivity index (χ1v) is 6.97. The average Bonchev–Trinajstić information content (AvgIpc) is 2.85. The third-order valence-electron chi connectivity index (χ3n) is 3.46. The van der Waals surface area contributed by atoms with E-state index in [0.29, 0.717) is 0 Å². The van der Waals surface area contributed by atoms with Gasteiger partial charge in [-0.25, -0.2) is 9.18 Å². The molecule has 0 radical (unpaired) electrons. The number of anilines is 1. The van der Waals surface area contributed by atoms with Crippen molar-refractivity contribution in [2.45, 2.75) is 0 Å². The summed E-state index contributed by atoms with van der Waals surface area (Å²) in [6.07, 6.45) is 0. The molecule has 0 saturated carbocycles. The number of carbonyl (C=O) groups excluding carboxylic acids is 3. The van der Waals surface area contributed by atoms with Crippen LogP contribution in [0, 0.1) is 5.82 Å². The van der Waals surface area contributed by atoms with E-state index in [1.165, 1.54) is 11.0 Å². The number of carbonyl (C=O) groups is 3. The van der Waals surface area contributed by atoms with Crippen LogP contribution >= 0.6 is 0 Å². The molecule has 0 aliphatic carbocycles. The first-order chi connectivity index (χ1) is 11.4. The fourth-order valence-corrected chi connectivity index (χ4v) is 2.26. The number of β-amino-alcohol motifs (C(OH)–C–C–N with tert-alkyl or cyclic N) is 1. The maximum atomic E-state index is 14.0. The van der Waals surface area contributed by atoms with Gasteiger partial charge in [-0.3, -0.25) is 9.59 Å². The summed E-state index contributed by atoms with van der Waals surface area (Å²) in [5, 5.41) is 11.5. The van der Waals surface area contributed by atoms with E-state index in [1.54, 1.807) is 0 Å². The van der Waals surface area contributed by atoms with E-state index in [-0.39, 0.29) is 42.2 Å². The van der Waals surface area contributed by atoms with Crippen molar-refractivity contribution in [1.29, 1.82) is 0 Å². The van der Waals surface area contributed by atoms with Crippen LogP contribution in [0.3, 0.4) is 0 Å². The minimum atomic E-state index is -0.764. The van der Waals surface area contributed by atoms with Crippen molar-refractivity contribution in [3.8, 4) is 0 Å². The molecule has 1 heterocycles. The summed E-state index contributed by atoms with van der Waals surface area (Å²) >= 11 is 0. The Bertz CT molecular complexity index is 732. The molecular weight excluding hydrogens is 321 g/mol. The lowest BCUT2D eigenvalue weighted by Crippen LogP contribution is -2.31. The van der Waals surface area contributed by atoms with Crippen LogP contribution in [0.2, 0.25) is 0 Å². The number of aliphatic hydroxyl groups is 1. The summed E-state index contributed by atoms with van der Waals surface area (Å²) in [6.45, 7) is -0.362. The molecule has 1 aromatic carbocycles. The maximum absolute atomic E-state index is 14.0. The van der Waals surface area contributed by atoms with Gasteiger partial charge < -0.3 is 25.8 Å². The van der Waals surface area contributed by atoms with Crippen LogP contribution in [0.15, 0.2) is 29.5 Å². The van der Waals surface area contributed by atoms with E-state index in [2.05, 4.69) is 10.1 Å². The van der Waals surface area contributed by atoms with Crippen LogP contribution in [0.1, 0.15) is 10.4 Å². The number of esters is 1. The van der Waals surface area contributed by atoms with Crippen molar-refractivity contribution in [1.82, 2.24) is 4.90 Å². The number of ether oxygens (including phenoxy) is 1. The second kappa shape index (κ2) is 7.09. The summed E-state index contributed by atoms with van der Waals surface area (Å²) in [4.78, 5) is 36.6. The van der Waals surface area contributed by atoms with Crippen molar-refractivity contribution >= 4 is 23.5 Å². The molecule has 0 fully saturated rings. The molecule has 0 spiro atoms. The largest absolute Gasteiger partial charge is 0.466 e. The molecule has 2 rings (SSSR count). The Balaban J connectivity index is 2.40. The molecule has 8 nitrogen and oxygen atoms in total. The molecule has 24 heavy (non-hydrogen) atoms. The zero-order valence-corrected chi connectivity index (χ0v) is 12.8. The van der Waals surface area contributed by atoms with Gasteiger partial charge in [-0.2, -0.15) is 0 Å². The van der Waals surface area contributed by atoms with Gasteiger partial charge in [0.25, 0.3) is 5.91 Å². The van der Waals surface area contributed by atoms with E-state index in [9.17, 15) is 18.8 Å². The molecule has 9 heteroatoms. The monoisotopic (exact) mass is 337 g/mol. The Hall–Kier alpha value is -2.94. The number of aliphatic hydroxyl groups excluding tert-OH is 1. The standard InChI is InChI=1S/C15H16FN3O5/c1-24-15(23)9-7-19(4-5-20)14(22)12(9)18-11-6-8(13(17)21)2-3-10(11)16/h2-3,6,18,20H,4-5,7H2,1H3,(H2,17,21). The number of nitrogens with two attached hydrogens (primary N) is 1. The first kappa shape index (κ1) is 17.4. The number of halogens is 1. The number of hydrogen-bond acceptors (Lipinski definition) is 6. The Morgan fingerprint density at radius 1 is 1.46 bits per heavy atom. The lowest BCUT2D eigenvalue weighted by atomic mass is 10.1. The Morgan fingerprint density at radius 3 is 2.75 bits per heavy atom. The van der Waals surface area contributed by atoms with Crippen molar-refractivity contribution < 1.29 is 28.6 Å². The van der Waals surface area contributed by atoms with Crippen LogP contribution in [-0.4, -0.2) is 54.6 Å². The molecule has 0 saturated heterocycles. The van der Waals surface area contributed by atoms with Crippen LogP contribution < -0.4 is 11.1 Å². The molecule has 128 valence electrons. The molecule has 1 aliphatic heterocycles. The van der Waals surface area contributed by atoms with Gasteiger partial charge >= 0.3 is 5.97 Å². The van der Waals surface area contributed by atoms with Gasteiger partial charge in [0.1, 0.15) is 11.5 Å². The van der Waals surface area contributed by atoms with E-state index >= 15 is 0 Å². The quantitative estimate of drug-likeness (QED) is 0.607. The molecule has 4 N–H and O–H groups in total. The number of benzene rings is 1. The molecule has 0 aromatic heterocycles. The van der Waals surface area contributed by atoms with Gasteiger partial charge in [0, 0.05) is 12.1 Å². The Kier molecular flexibility index (Phi) is 5.14. The van der Waals surface area contributed by atoms with Crippen molar-refractivity contribution in [3.63, 3.8) is 0 Å². The summed E-state index contributed by atoms with van der Waals surface area (Å²) in [7, 11) is 1.15. The third-order valence-corrected chi connectivity index (χ3v) is 3.46. The van der Waals surface area contributed by atoms with E-state index in [0.717, 1.165) is 19.2 Å². The van der Waals surface area contributed by atoms with Gasteiger partial charge in [-0.05, 0) is 18.2 Å². The number of amides is 2. The second-order valence-corrected chi connectivity index (χ2v) is 4.98. The SMILES string of the molecule is COC(=O)C1=C(Nc2cc(C(N)=O)ccc2F)C(=O)N(CCO)C1. The normalized spacial score (nSPS) is 14.1. The van der Waals surface area contributed by atoms with Gasteiger partial charge in [-0.15, -0.1) is 0 Å². The Labute approximate surface area is 136 Å². The smallest absolute Gasteiger partial charge is 0.337 e. The fraction of sp³-hybridized carbons (Fsp3) is 0.267. The number of nitrogens with one attached hydrogen (secondary N) is 1. The lowest BCUT2D eigenvalue weighted by Gasteiger charge is -2.15. The van der Waals surface area contributed by atoms with Crippen molar-refractivity contribution in [2.75, 3.05) is 32.1 Å². The van der Waals surface area contributed by atoms with Crippen molar-refractivity contribution in [3.05, 3.63) is 40.8 Å². The maximum Gasteiger partial charge on any atom is 0.337 e. The zero-order chi connectivity index (χ0) is 17.9. The van der Waals surface area contributed by atoms with E-state index in [1.807, 2.05) is 0 Å². The highest BCUT2D eigenvalue weighted by molar-refractivity contribution is 6.08.